The van der Waals surface area contributed by atoms with Gasteiger partial charge in [0, 0.05) is 6.54 Å². The van der Waals surface area contributed by atoms with Crippen molar-refractivity contribution < 1.29 is 14.7 Å². The van der Waals surface area contributed by atoms with Gasteiger partial charge < -0.3 is 10.4 Å². The highest BCUT2D eigenvalue weighted by molar-refractivity contribution is 8.01. The van der Waals surface area contributed by atoms with Crippen LogP contribution in [0.1, 0.15) is 25.0 Å². The van der Waals surface area contributed by atoms with Crippen LogP contribution in [0.2, 0.25) is 0 Å². The van der Waals surface area contributed by atoms with Crippen molar-refractivity contribution in [1.82, 2.24) is 5.32 Å². The van der Waals surface area contributed by atoms with Crippen LogP contribution in [0.25, 0.3) is 0 Å². The second kappa shape index (κ2) is 6.61. The van der Waals surface area contributed by atoms with Gasteiger partial charge in [0.1, 0.15) is 4.75 Å². The predicted molar refractivity (Wildman–Crippen MR) is 77.2 cm³/mol. The zero-order valence-electron chi connectivity index (χ0n) is 11.4. The first-order chi connectivity index (χ1) is 8.81. The minimum atomic E-state index is -0.943. The summed E-state index contributed by atoms with van der Waals surface area (Å²) < 4.78 is -0.943. The average Bonchev–Trinajstić information content (AvgIpc) is 2.35. The number of aliphatic carboxylic acids is 1. The van der Waals surface area contributed by atoms with Crippen molar-refractivity contribution in [3.05, 3.63) is 35.4 Å². The molecule has 1 aromatic carbocycles. The lowest BCUT2D eigenvalue weighted by Gasteiger charge is -2.17. The van der Waals surface area contributed by atoms with Crippen LogP contribution in [0, 0.1) is 6.92 Å². The molecule has 0 fully saturated rings. The number of carbonyl (C=O) groups is 2. The van der Waals surface area contributed by atoms with Crippen LogP contribution in [-0.2, 0) is 16.1 Å². The molecule has 0 heterocycles. The summed E-state index contributed by atoms with van der Waals surface area (Å²) in [5, 5.41) is 11.7. The lowest BCUT2D eigenvalue weighted by atomic mass is 10.1. The molecule has 2 N–H and O–H groups in total. The summed E-state index contributed by atoms with van der Waals surface area (Å²) in [6, 6.07) is 7.90. The Bertz CT molecular complexity index is 454. The summed E-state index contributed by atoms with van der Waals surface area (Å²) in [7, 11) is 0. The lowest BCUT2D eigenvalue weighted by Crippen LogP contribution is -2.32. The van der Waals surface area contributed by atoms with Crippen LogP contribution in [-0.4, -0.2) is 27.5 Å². The highest BCUT2D eigenvalue weighted by atomic mass is 32.2. The number of hydrogen-bond acceptors (Lipinski definition) is 3. The molecular formula is C14H19NO3S. The van der Waals surface area contributed by atoms with Gasteiger partial charge in [0.25, 0.3) is 0 Å². The van der Waals surface area contributed by atoms with E-state index in [0.29, 0.717) is 6.54 Å². The van der Waals surface area contributed by atoms with Crippen LogP contribution in [0.5, 0.6) is 0 Å². The van der Waals surface area contributed by atoms with Crippen molar-refractivity contribution in [2.75, 3.05) is 5.75 Å². The highest BCUT2D eigenvalue weighted by Gasteiger charge is 2.28. The van der Waals surface area contributed by atoms with Gasteiger partial charge in [-0.1, -0.05) is 29.8 Å². The Morgan fingerprint density at radius 2 is 1.84 bits per heavy atom. The van der Waals surface area contributed by atoms with E-state index in [1.807, 2.05) is 31.2 Å². The molecular weight excluding hydrogens is 262 g/mol. The maximum atomic E-state index is 11.6. The Balaban J connectivity index is 2.36. The molecule has 1 aromatic rings. The van der Waals surface area contributed by atoms with E-state index < -0.39 is 10.7 Å². The molecule has 0 bridgehead atoms. The van der Waals surface area contributed by atoms with E-state index in [9.17, 15) is 9.59 Å². The molecule has 1 amide bonds. The van der Waals surface area contributed by atoms with Crippen molar-refractivity contribution in [3.8, 4) is 0 Å². The van der Waals surface area contributed by atoms with E-state index in [2.05, 4.69) is 5.32 Å². The molecule has 4 nitrogen and oxygen atoms in total. The quantitative estimate of drug-likeness (QED) is 0.839. The standard InChI is InChI=1S/C14H19NO3S/c1-10-4-6-11(7-5-10)8-15-12(16)9-19-14(2,3)13(17)18/h4-7H,8-9H2,1-3H3,(H,15,16)(H,17,18). The molecule has 0 aromatic heterocycles. The van der Waals surface area contributed by atoms with E-state index in [-0.39, 0.29) is 11.7 Å². The Labute approximate surface area is 117 Å². The predicted octanol–water partition coefficient (Wildman–Crippen LogP) is 2.21. The number of carboxylic acid groups (broad SMARTS) is 1. The number of amides is 1. The molecule has 0 radical (unpaired) electrons. The number of carbonyl (C=O) groups excluding carboxylic acids is 1. The lowest BCUT2D eigenvalue weighted by molar-refractivity contribution is -0.138. The smallest absolute Gasteiger partial charge is 0.319 e. The van der Waals surface area contributed by atoms with Gasteiger partial charge in [-0.3, -0.25) is 9.59 Å². The van der Waals surface area contributed by atoms with Gasteiger partial charge in [0.15, 0.2) is 0 Å². The van der Waals surface area contributed by atoms with E-state index in [0.717, 1.165) is 17.3 Å². The van der Waals surface area contributed by atoms with Gasteiger partial charge in [-0.2, -0.15) is 0 Å². The van der Waals surface area contributed by atoms with E-state index >= 15 is 0 Å². The molecule has 0 atom stereocenters. The van der Waals surface area contributed by atoms with Crippen molar-refractivity contribution in [2.45, 2.75) is 32.1 Å². The topological polar surface area (TPSA) is 66.4 Å². The van der Waals surface area contributed by atoms with Crippen molar-refractivity contribution in [3.63, 3.8) is 0 Å². The number of nitrogens with one attached hydrogen (secondary N) is 1. The second-order valence-corrected chi connectivity index (χ2v) is 6.46. The fraction of sp³-hybridized carbons (Fsp3) is 0.429. The number of aryl methyl sites for hydroxylation is 1. The normalized spacial score (nSPS) is 11.1. The number of thioether (sulfide) groups is 1. The molecule has 0 saturated heterocycles. The van der Waals surface area contributed by atoms with E-state index in [4.69, 9.17) is 5.11 Å². The molecule has 19 heavy (non-hydrogen) atoms. The fourth-order valence-corrected chi connectivity index (χ4v) is 1.98. The first-order valence-electron chi connectivity index (χ1n) is 6.01. The SMILES string of the molecule is Cc1ccc(CNC(=O)CSC(C)(C)C(=O)O)cc1. The number of benzene rings is 1. The molecule has 5 heteroatoms. The Morgan fingerprint density at radius 1 is 1.26 bits per heavy atom. The minimum absolute atomic E-state index is 0.144. The largest absolute Gasteiger partial charge is 0.480 e. The van der Waals surface area contributed by atoms with Crippen LogP contribution < -0.4 is 5.32 Å². The second-order valence-electron chi connectivity index (χ2n) is 4.87. The third kappa shape index (κ3) is 5.34. The third-order valence-corrected chi connectivity index (χ3v) is 3.99. The van der Waals surface area contributed by atoms with Crippen LogP contribution in [0.15, 0.2) is 24.3 Å². The van der Waals surface area contributed by atoms with Crippen molar-refractivity contribution >= 4 is 23.6 Å². The molecule has 0 aliphatic heterocycles. The third-order valence-electron chi connectivity index (χ3n) is 2.69. The summed E-state index contributed by atoms with van der Waals surface area (Å²) in [6.45, 7) is 5.65. The fourth-order valence-electron chi connectivity index (χ4n) is 1.27. The Hall–Kier alpha value is -1.49. The first-order valence-corrected chi connectivity index (χ1v) is 6.99. The van der Waals surface area contributed by atoms with Crippen LogP contribution in [0.4, 0.5) is 0 Å². The Kier molecular flexibility index (Phi) is 5.42. The van der Waals surface area contributed by atoms with Crippen LogP contribution in [0.3, 0.4) is 0 Å². The highest BCUT2D eigenvalue weighted by Crippen LogP contribution is 2.23. The Morgan fingerprint density at radius 3 is 2.37 bits per heavy atom. The maximum Gasteiger partial charge on any atom is 0.319 e. The average molecular weight is 281 g/mol. The van der Waals surface area contributed by atoms with E-state index in [1.54, 1.807) is 13.8 Å². The molecule has 0 aliphatic carbocycles. The van der Waals surface area contributed by atoms with E-state index in [1.165, 1.54) is 5.56 Å². The summed E-state index contributed by atoms with van der Waals surface area (Å²) in [6.07, 6.45) is 0. The zero-order chi connectivity index (χ0) is 14.5. The van der Waals surface area contributed by atoms with Crippen molar-refractivity contribution in [1.29, 1.82) is 0 Å². The number of carboxylic acids is 1. The summed E-state index contributed by atoms with van der Waals surface area (Å²) in [4.78, 5) is 22.5. The molecule has 0 spiro atoms. The van der Waals surface area contributed by atoms with Gasteiger partial charge in [-0.25, -0.2) is 0 Å². The molecule has 104 valence electrons. The summed E-state index contributed by atoms with van der Waals surface area (Å²) in [5.41, 5.74) is 2.20. The number of hydrogen-bond donors (Lipinski definition) is 2. The molecule has 0 saturated carbocycles. The molecule has 0 unspecified atom stereocenters. The maximum absolute atomic E-state index is 11.6. The number of rotatable bonds is 6. The van der Waals surface area contributed by atoms with Gasteiger partial charge >= 0.3 is 5.97 Å². The monoisotopic (exact) mass is 281 g/mol. The van der Waals surface area contributed by atoms with Crippen molar-refractivity contribution in [2.24, 2.45) is 0 Å². The van der Waals surface area contributed by atoms with Gasteiger partial charge in [-0.05, 0) is 26.3 Å². The molecule has 0 aliphatic rings. The van der Waals surface area contributed by atoms with Gasteiger partial charge in [0.2, 0.25) is 5.91 Å². The first kappa shape index (κ1) is 15.6. The summed E-state index contributed by atoms with van der Waals surface area (Å²) >= 11 is 1.12. The van der Waals surface area contributed by atoms with Gasteiger partial charge in [-0.15, -0.1) is 11.8 Å². The minimum Gasteiger partial charge on any atom is -0.480 e. The molecule has 1 rings (SSSR count). The summed E-state index contributed by atoms with van der Waals surface area (Å²) in [5.74, 6) is -0.922. The zero-order valence-corrected chi connectivity index (χ0v) is 12.2. The van der Waals surface area contributed by atoms with Crippen LogP contribution >= 0.6 is 11.8 Å². The van der Waals surface area contributed by atoms with Gasteiger partial charge in [0.05, 0.1) is 5.75 Å².